The van der Waals surface area contributed by atoms with Crippen LogP contribution in [-0.2, 0) is 0 Å². The molecular weight excluding hydrogens is 624 g/mol. The molecule has 0 amide bonds. The maximum absolute atomic E-state index is 10.6. The molecule has 0 fully saturated rings. The van der Waals surface area contributed by atoms with Gasteiger partial charge in [-0.1, -0.05) is 158 Å². The predicted molar refractivity (Wildman–Crippen MR) is 200 cm³/mol. The standard InChI is InChI=1S/C44H38O6/c45-39(27-29-19-23-33(24-20-29)37-17-9-7-15-35(37)31-11-3-1-4-12-31)41(47)43(49)44(50)42(48)40(46)28-30-21-25-34(26-22-30)38-18-10-8-16-36(38)32-13-5-2-6-14-32/h1-28,41-50H/t41-,42+,43-,44-/m1/s1. The second-order valence-corrected chi connectivity index (χ2v) is 12.1. The molecule has 0 aliphatic carbocycles. The van der Waals surface area contributed by atoms with E-state index in [1.807, 2.05) is 121 Å². The topological polar surface area (TPSA) is 121 Å². The van der Waals surface area contributed by atoms with Crippen molar-refractivity contribution in [2.45, 2.75) is 24.4 Å². The molecule has 0 aliphatic heterocycles. The van der Waals surface area contributed by atoms with Crippen LogP contribution in [-0.4, -0.2) is 55.1 Å². The Bertz CT molecular complexity index is 1920. The zero-order chi connectivity index (χ0) is 35.0. The molecule has 0 aliphatic rings. The van der Waals surface area contributed by atoms with Crippen LogP contribution >= 0.6 is 0 Å². The lowest BCUT2D eigenvalue weighted by molar-refractivity contribution is -0.0996. The minimum absolute atomic E-state index is 0.544. The quantitative estimate of drug-likeness (QED) is 0.0777. The molecule has 6 heteroatoms. The highest BCUT2D eigenvalue weighted by atomic mass is 16.4. The Kier molecular flexibility index (Phi) is 10.7. The van der Waals surface area contributed by atoms with Gasteiger partial charge in [0.05, 0.1) is 0 Å². The monoisotopic (exact) mass is 662 g/mol. The highest BCUT2D eigenvalue weighted by molar-refractivity contribution is 5.84. The molecule has 0 aromatic heterocycles. The van der Waals surface area contributed by atoms with Crippen molar-refractivity contribution in [3.8, 4) is 44.5 Å². The number of aliphatic hydroxyl groups excluding tert-OH is 6. The molecule has 0 bridgehead atoms. The van der Waals surface area contributed by atoms with Crippen LogP contribution in [0.1, 0.15) is 11.1 Å². The average molecular weight is 663 g/mol. The van der Waals surface area contributed by atoms with Crippen LogP contribution in [0.2, 0.25) is 0 Å². The van der Waals surface area contributed by atoms with Crippen LogP contribution < -0.4 is 0 Å². The molecule has 0 radical (unpaired) electrons. The van der Waals surface area contributed by atoms with Gasteiger partial charge in [-0.15, -0.1) is 0 Å². The van der Waals surface area contributed by atoms with E-state index in [-0.39, 0.29) is 0 Å². The SMILES string of the molecule is OC(=Cc1ccc(-c2ccccc2-c2ccccc2)cc1)[C@@H](O)[C@@H](O)[C@H](O)[C@@H](O)C(O)=Cc1ccc(-c2ccccc2-c2ccccc2)cc1. The van der Waals surface area contributed by atoms with E-state index in [2.05, 4.69) is 12.1 Å². The Balaban J connectivity index is 1.11. The highest BCUT2D eigenvalue weighted by Crippen LogP contribution is 2.33. The van der Waals surface area contributed by atoms with Crippen LogP contribution in [0, 0.1) is 0 Å². The molecule has 0 unspecified atom stereocenters. The molecule has 250 valence electrons. The summed E-state index contributed by atoms with van der Waals surface area (Å²) in [6, 6.07) is 50.8. The first-order valence-corrected chi connectivity index (χ1v) is 16.3. The van der Waals surface area contributed by atoms with E-state index in [1.165, 1.54) is 12.2 Å². The van der Waals surface area contributed by atoms with E-state index in [0.29, 0.717) is 11.1 Å². The first-order valence-electron chi connectivity index (χ1n) is 16.3. The van der Waals surface area contributed by atoms with Gasteiger partial charge in [0.2, 0.25) is 0 Å². The number of hydrogen-bond donors (Lipinski definition) is 6. The molecule has 0 heterocycles. The van der Waals surface area contributed by atoms with Crippen molar-refractivity contribution in [2.75, 3.05) is 0 Å². The van der Waals surface area contributed by atoms with Crippen molar-refractivity contribution in [3.63, 3.8) is 0 Å². The van der Waals surface area contributed by atoms with Gasteiger partial charge in [0.1, 0.15) is 35.9 Å². The van der Waals surface area contributed by atoms with Crippen molar-refractivity contribution in [1.29, 1.82) is 0 Å². The van der Waals surface area contributed by atoms with Crippen LogP contribution in [0.5, 0.6) is 0 Å². The number of rotatable bonds is 11. The molecule has 6 rings (SSSR count). The van der Waals surface area contributed by atoms with Crippen molar-refractivity contribution < 1.29 is 30.6 Å². The molecule has 50 heavy (non-hydrogen) atoms. The fourth-order valence-corrected chi connectivity index (χ4v) is 5.96. The first kappa shape index (κ1) is 34.1. The van der Waals surface area contributed by atoms with Crippen molar-refractivity contribution in [3.05, 3.63) is 180 Å². The minimum Gasteiger partial charge on any atom is -0.509 e. The lowest BCUT2D eigenvalue weighted by Gasteiger charge is -2.26. The summed E-state index contributed by atoms with van der Waals surface area (Å²) < 4.78 is 0. The molecule has 6 N–H and O–H groups in total. The van der Waals surface area contributed by atoms with E-state index in [9.17, 15) is 30.6 Å². The average Bonchev–Trinajstić information content (AvgIpc) is 3.18. The summed E-state index contributed by atoms with van der Waals surface area (Å²) in [5.74, 6) is -1.23. The molecule has 0 spiro atoms. The highest BCUT2D eigenvalue weighted by Gasteiger charge is 2.34. The molecular formula is C44H38O6. The van der Waals surface area contributed by atoms with E-state index in [1.54, 1.807) is 24.3 Å². The largest absolute Gasteiger partial charge is 0.509 e. The smallest absolute Gasteiger partial charge is 0.139 e. The summed E-state index contributed by atoms with van der Waals surface area (Å²) in [6.45, 7) is 0. The maximum atomic E-state index is 10.6. The predicted octanol–water partition coefficient (Wildman–Crippen LogP) is 8.30. The molecule has 0 saturated heterocycles. The van der Waals surface area contributed by atoms with Gasteiger partial charge in [0.25, 0.3) is 0 Å². The van der Waals surface area contributed by atoms with E-state index < -0.39 is 35.9 Å². The van der Waals surface area contributed by atoms with E-state index >= 15 is 0 Å². The van der Waals surface area contributed by atoms with Crippen molar-refractivity contribution >= 4 is 12.2 Å². The molecule has 6 nitrogen and oxygen atoms in total. The Hall–Kier alpha value is -5.76. The minimum atomic E-state index is -2.01. The molecule has 6 aromatic rings. The van der Waals surface area contributed by atoms with E-state index in [4.69, 9.17) is 0 Å². The van der Waals surface area contributed by atoms with Gasteiger partial charge in [-0.3, -0.25) is 0 Å². The number of aliphatic hydroxyl groups is 6. The van der Waals surface area contributed by atoms with Gasteiger partial charge in [-0.05, 0) is 67.8 Å². The van der Waals surface area contributed by atoms with Crippen LogP contribution in [0.3, 0.4) is 0 Å². The third-order valence-electron chi connectivity index (χ3n) is 8.70. The zero-order valence-corrected chi connectivity index (χ0v) is 27.2. The fourth-order valence-electron chi connectivity index (χ4n) is 5.96. The van der Waals surface area contributed by atoms with Gasteiger partial charge in [-0.25, -0.2) is 0 Å². The third kappa shape index (κ3) is 7.76. The zero-order valence-electron chi connectivity index (χ0n) is 27.2. The first-order chi connectivity index (χ1) is 24.3. The van der Waals surface area contributed by atoms with Gasteiger partial charge < -0.3 is 30.6 Å². The normalized spacial score (nSPS) is 14.5. The maximum Gasteiger partial charge on any atom is 0.139 e. The Labute approximate surface area is 291 Å². The van der Waals surface area contributed by atoms with Gasteiger partial charge in [0.15, 0.2) is 0 Å². The summed E-state index contributed by atoms with van der Waals surface area (Å²) in [7, 11) is 0. The van der Waals surface area contributed by atoms with Crippen molar-refractivity contribution in [1.82, 2.24) is 0 Å². The third-order valence-corrected chi connectivity index (χ3v) is 8.70. The summed E-state index contributed by atoms with van der Waals surface area (Å²) >= 11 is 0. The fraction of sp³-hybridized carbons (Fsp3) is 0.0909. The van der Waals surface area contributed by atoms with Gasteiger partial charge in [-0.2, -0.15) is 0 Å². The van der Waals surface area contributed by atoms with Crippen LogP contribution in [0.15, 0.2) is 169 Å². The van der Waals surface area contributed by atoms with Gasteiger partial charge in [0, 0.05) is 0 Å². The Morgan fingerprint density at radius 1 is 0.340 bits per heavy atom. The Morgan fingerprint density at radius 3 is 0.900 bits per heavy atom. The summed E-state index contributed by atoms with van der Waals surface area (Å²) in [4.78, 5) is 0. The molecule has 6 aromatic carbocycles. The van der Waals surface area contributed by atoms with Crippen molar-refractivity contribution in [2.24, 2.45) is 0 Å². The van der Waals surface area contributed by atoms with Crippen LogP contribution in [0.25, 0.3) is 56.7 Å². The Morgan fingerprint density at radius 2 is 0.600 bits per heavy atom. The second kappa shape index (κ2) is 15.6. The lowest BCUT2D eigenvalue weighted by atomic mass is 9.94. The van der Waals surface area contributed by atoms with Gasteiger partial charge >= 0.3 is 0 Å². The molecule has 4 atom stereocenters. The summed E-state index contributed by atoms with van der Waals surface area (Å²) in [6.07, 6.45) is -5.35. The van der Waals surface area contributed by atoms with E-state index in [0.717, 1.165) is 44.5 Å². The lowest BCUT2D eigenvalue weighted by Crippen LogP contribution is -2.45. The summed E-state index contributed by atoms with van der Waals surface area (Å²) in [5, 5.41) is 63.8. The number of hydrogen-bond acceptors (Lipinski definition) is 6. The molecule has 0 saturated carbocycles. The summed E-state index contributed by atoms with van der Waals surface area (Å²) in [5.41, 5.74) is 9.37. The number of benzene rings is 6. The second-order valence-electron chi connectivity index (χ2n) is 12.1. The van der Waals surface area contributed by atoms with Crippen LogP contribution in [0.4, 0.5) is 0 Å².